The highest BCUT2D eigenvalue weighted by atomic mass is 35.5. The van der Waals surface area contributed by atoms with Crippen LogP contribution in [-0.2, 0) is 9.53 Å². The van der Waals surface area contributed by atoms with Gasteiger partial charge in [0.25, 0.3) is 0 Å². The largest absolute Gasteiger partial charge is 0.397 e. The minimum absolute atomic E-state index is 0. The van der Waals surface area contributed by atoms with Gasteiger partial charge in [0.1, 0.15) is 0 Å². The molecule has 0 aliphatic rings. The number of amides is 1. The molecule has 4 nitrogen and oxygen atoms in total. The van der Waals surface area contributed by atoms with Gasteiger partial charge in [-0.3, -0.25) is 4.79 Å². The van der Waals surface area contributed by atoms with Gasteiger partial charge < -0.3 is 15.8 Å². The molecule has 0 saturated heterocycles. The highest BCUT2D eigenvalue weighted by Gasteiger charge is 2.08. The Hall–Kier alpha value is -1.26. The first-order valence-corrected chi connectivity index (χ1v) is 6.75. The fourth-order valence-electron chi connectivity index (χ4n) is 1.91. The zero-order chi connectivity index (χ0) is 14.3. The van der Waals surface area contributed by atoms with Gasteiger partial charge in [0.2, 0.25) is 5.91 Å². The first-order valence-electron chi connectivity index (χ1n) is 6.75. The second-order valence-electron chi connectivity index (χ2n) is 5.20. The number of para-hydroxylation sites is 2. The monoisotopic (exact) mass is 300 g/mol. The van der Waals surface area contributed by atoms with E-state index >= 15 is 0 Å². The molecule has 0 aromatic heterocycles. The Labute approximate surface area is 127 Å². The number of hydrogen-bond donors (Lipinski definition) is 2. The molecular formula is C15H25ClN2O2. The van der Waals surface area contributed by atoms with Crippen LogP contribution in [0, 0.1) is 5.92 Å². The van der Waals surface area contributed by atoms with Gasteiger partial charge in [-0.25, -0.2) is 0 Å². The Kier molecular flexibility index (Phi) is 9.01. The Morgan fingerprint density at radius 2 is 1.95 bits per heavy atom. The van der Waals surface area contributed by atoms with E-state index in [-0.39, 0.29) is 24.4 Å². The van der Waals surface area contributed by atoms with Crippen molar-refractivity contribution in [3.63, 3.8) is 0 Å². The maximum Gasteiger partial charge on any atom is 0.226 e. The lowest BCUT2D eigenvalue weighted by atomic mass is 10.1. The van der Waals surface area contributed by atoms with Gasteiger partial charge in [-0.1, -0.05) is 26.0 Å². The van der Waals surface area contributed by atoms with Gasteiger partial charge in [-0.2, -0.15) is 0 Å². The maximum atomic E-state index is 11.7. The van der Waals surface area contributed by atoms with E-state index in [1.54, 1.807) is 12.1 Å². The van der Waals surface area contributed by atoms with E-state index in [0.29, 0.717) is 30.3 Å². The maximum absolute atomic E-state index is 11.7. The predicted octanol–water partition coefficient (Wildman–Crippen LogP) is 3.47. The summed E-state index contributed by atoms with van der Waals surface area (Å²) >= 11 is 0. The molecular weight excluding hydrogens is 276 g/mol. The summed E-state index contributed by atoms with van der Waals surface area (Å²) in [6, 6.07) is 7.22. The number of nitrogens with one attached hydrogen (secondary N) is 1. The molecule has 1 aromatic carbocycles. The minimum atomic E-state index is -0.0744. The number of nitrogens with two attached hydrogens (primary N) is 1. The number of carbonyl (C=O) groups is 1. The van der Waals surface area contributed by atoms with Crippen molar-refractivity contribution < 1.29 is 9.53 Å². The molecule has 0 heterocycles. The van der Waals surface area contributed by atoms with Crippen LogP contribution in [0.4, 0.5) is 11.4 Å². The van der Waals surface area contributed by atoms with Crippen LogP contribution in [0.15, 0.2) is 24.3 Å². The normalized spacial score (nSPS) is 11.8. The third-order valence-electron chi connectivity index (χ3n) is 2.77. The van der Waals surface area contributed by atoms with Crippen molar-refractivity contribution >= 4 is 29.7 Å². The van der Waals surface area contributed by atoms with Crippen LogP contribution >= 0.6 is 12.4 Å². The van der Waals surface area contributed by atoms with Crippen molar-refractivity contribution in [3.8, 4) is 0 Å². The molecule has 5 heteroatoms. The molecule has 0 aliphatic heterocycles. The molecule has 0 aliphatic carbocycles. The highest BCUT2D eigenvalue weighted by molar-refractivity contribution is 5.93. The second-order valence-corrected chi connectivity index (χ2v) is 5.20. The van der Waals surface area contributed by atoms with Gasteiger partial charge >= 0.3 is 0 Å². The lowest BCUT2D eigenvalue weighted by Gasteiger charge is -2.15. The van der Waals surface area contributed by atoms with Gasteiger partial charge in [0.05, 0.1) is 30.5 Å². The summed E-state index contributed by atoms with van der Waals surface area (Å²) in [4.78, 5) is 11.7. The van der Waals surface area contributed by atoms with E-state index in [4.69, 9.17) is 10.5 Å². The molecule has 0 bridgehead atoms. The quantitative estimate of drug-likeness (QED) is 0.758. The average molecular weight is 301 g/mol. The van der Waals surface area contributed by atoms with Crippen LogP contribution in [0.1, 0.15) is 33.6 Å². The van der Waals surface area contributed by atoms with E-state index in [9.17, 15) is 4.79 Å². The third kappa shape index (κ3) is 7.36. The molecule has 1 atom stereocenters. The summed E-state index contributed by atoms with van der Waals surface area (Å²) in [6.45, 7) is 6.79. The molecule has 0 radical (unpaired) electrons. The van der Waals surface area contributed by atoms with E-state index in [0.717, 1.165) is 6.42 Å². The molecule has 20 heavy (non-hydrogen) atoms. The molecule has 1 rings (SSSR count). The van der Waals surface area contributed by atoms with Crippen molar-refractivity contribution in [3.05, 3.63) is 24.3 Å². The van der Waals surface area contributed by atoms with E-state index in [1.165, 1.54) is 0 Å². The van der Waals surface area contributed by atoms with Crippen molar-refractivity contribution in [2.24, 2.45) is 5.92 Å². The van der Waals surface area contributed by atoms with E-state index in [2.05, 4.69) is 19.2 Å². The molecule has 1 unspecified atom stereocenters. The lowest BCUT2D eigenvalue weighted by molar-refractivity contribution is -0.117. The second kappa shape index (κ2) is 9.61. The smallest absolute Gasteiger partial charge is 0.226 e. The number of nitrogen functional groups attached to an aromatic ring is 1. The Bertz CT molecular complexity index is 411. The summed E-state index contributed by atoms with van der Waals surface area (Å²) in [6.07, 6.45) is 1.54. The molecule has 1 amide bonds. The van der Waals surface area contributed by atoms with Gasteiger partial charge in [-0.15, -0.1) is 12.4 Å². The van der Waals surface area contributed by atoms with Gasteiger partial charge in [0.15, 0.2) is 0 Å². The molecule has 0 saturated carbocycles. The Balaban J connectivity index is 0.00000361. The van der Waals surface area contributed by atoms with Crippen molar-refractivity contribution in [1.82, 2.24) is 0 Å². The first-order chi connectivity index (χ1) is 8.99. The minimum Gasteiger partial charge on any atom is -0.397 e. The molecule has 114 valence electrons. The Morgan fingerprint density at radius 3 is 2.55 bits per heavy atom. The van der Waals surface area contributed by atoms with Crippen molar-refractivity contribution in [2.45, 2.75) is 39.7 Å². The van der Waals surface area contributed by atoms with Crippen LogP contribution < -0.4 is 11.1 Å². The summed E-state index contributed by atoms with van der Waals surface area (Å²) in [5.74, 6) is 0.530. The standard InChI is InChI=1S/C15H24N2O2.ClH/c1-11(2)10-12(3)19-9-8-15(18)17-14-7-5-4-6-13(14)16;/h4-7,11-12H,8-10,16H2,1-3H3,(H,17,18);1H. The topological polar surface area (TPSA) is 64.3 Å². The van der Waals surface area contributed by atoms with Gasteiger partial charge in [-0.05, 0) is 31.4 Å². The van der Waals surface area contributed by atoms with Crippen LogP contribution in [0.25, 0.3) is 0 Å². The molecule has 0 spiro atoms. The number of rotatable bonds is 7. The van der Waals surface area contributed by atoms with E-state index < -0.39 is 0 Å². The van der Waals surface area contributed by atoms with Crippen molar-refractivity contribution in [1.29, 1.82) is 0 Å². The van der Waals surface area contributed by atoms with Crippen LogP contribution in [0.5, 0.6) is 0 Å². The predicted molar refractivity (Wildman–Crippen MR) is 86.2 cm³/mol. The fourth-order valence-corrected chi connectivity index (χ4v) is 1.91. The number of ether oxygens (including phenoxy) is 1. The summed E-state index contributed by atoms with van der Waals surface area (Å²) in [5.41, 5.74) is 6.98. The van der Waals surface area contributed by atoms with E-state index in [1.807, 2.05) is 19.1 Å². The zero-order valence-electron chi connectivity index (χ0n) is 12.4. The molecule has 3 N–H and O–H groups in total. The average Bonchev–Trinajstić information content (AvgIpc) is 2.31. The summed E-state index contributed by atoms with van der Waals surface area (Å²) in [5, 5.41) is 2.78. The van der Waals surface area contributed by atoms with Gasteiger partial charge in [0, 0.05) is 0 Å². The SMILES string of the molecule is CC(C)CC(C)OCCC(=O)Nc1ccccc1N.Cl. The Morgan fingerprint density at radius 1 is 1.30 bits per heavy atom. The van der Waals surface area contributed by atoms with Crippen LogP contribution in [-0.4, -0.2) is 18.6 Å². The number of anilines is 2. The van der Waals surface area contributed by atoms with Crippen LogP contribution in [0.2, 0.25) is 0 Å². The number of halogens is 1. The zero-order valence-corrected chi connectivity index (χ0v) is 13.2. The summed E-state index contributed by atoms with van der Waals surface area (Å²) in [7, 11) is 0. The molecule has 0 fully saturated rings. The molecule has 1 aromatic rings. The fraction of sp³-hybridized carbons (Fsp3) is 0.533. The lowest BCUT2D eigenvalue weighted by Crippen LogP contribution is -2.18. The van der Waals surface area contributed by atoms with Crippen LogP contribution in [0.3, 0.4) is 0 Å². The van der Waals surface area contributed by atoms with Crippen molar-refractivity contribution in [2.75, 3.05) is 17.7 Å². The highest BCUT2D eigenvalue weighted by Crippen LogP contribution is 2.16. The number of benzene rings is 1. The first kappa shape index (κ1) is 18.7. The summed E-state index contributed by atoms with van der Waals surface area (Å²) < 4.78 is 5.60. The number of carbonyl (C=O) groups excluding carboxylic acids is 1. The number of hydrogen-bond acceptors (Lipinski definition) is 3. The third-order valence-corrected chi connectivity index (χ3v) is 2.77.